The first-order chi connectivity index (χ1) is 7.57. The van der Waals surface area contributed by atoms with E-state index in [0.717, 1.165) is 5.56 Å². The zero-order valence-corrected chi connectivity index (χ0v) is 9.28. The van der Waals surface area contributed by atoms with Crippen LogP contribution in [0.2, 0.25) is 0 Å². The third-order valence-electron chi connectivity index (χ3n) is 2.90. The summed E-state index contributed by atoms with van der Waals surface area (Å²) in [5.74, 6) is -0.530. The molecule has 0 aliphatic heterocycles. The number of rotatable bonds is 3. The standard InChI is InChI=1S/C13H15FO2/c1-13(14)7-11(8-13)12(15)16-9-10-5-3-2-4-6-10/h2-6,11H,7-9H2,1H3/t11-,13+. The van der Waals surface area contributed by atoms with Crippen LogP contribution in [-0.2, 0) is 16.1 Å². The van der Waals surface area contributed by atoms with Gasteiger partial charge in [-0.05, 0) is 25.3 Å². The predicted molar refractivity (Wildman–Crippen MR) is 58.5 cm³/mol. The first-order valence-electron chi connectivity index (χ1n) is 5.46. The van der Waals surface area contributed by atoms with Crippen LogP contribution in [0.3, 0.4) is 0 Å². The van der Waals surface area contributed by atoms with Crippen LogP contribution in [0.1, 0.15) is 25.3 Å². The molecule has 2 rings (SSSR count). The molecule has 1 saturated carbocycles. The molecular formula is C13H15FO2. The van der Waals surface area contributed by atoms with E-state index in [4.69, 9.17) is 4.74 Å². The maximum Gasteiger partial charge on any atom is 0.309 e. The minimum Gasteiger partial charge on any atom is -0.461 e. The van der Waals surface area contributed by atoms with E-state index >= 15 is 0 Å². The smallest absolute Gasteiger partial charge is 0.309 e. The Kier molecular flexibility index (Phi) is 2.95. The zero-order valence-electron chi connectivity index (χ0n) is 9.28. The normalized spacial score (nSPS) is 28.2. The van der Waals surface area contributed by atoms with Crippen LogP contribution in [0, 0.1) is 5.92 Å². The number of hydrogen-bond donors (Lipinski definition) is 0. The van der Waals surface area contributed by atoms with Crippen molar-refractivity contribution in [1.29, 1.82) is 0 Å². The van der Waals surface area contributed by atoms with Gasteiger partial charge in [0.1, 0.15) is 12.3 Å². The largest absolute Gasteiger partial charge is 0.461 e. The number of benzene rings is 1. The topological polar surface area (TPSA) is 26.3 Å². The minimum absolute atomic E-state index is 0.251. The molecule has 0 bridgehead atoms. The van der Waals surface area contributed by atoms with Crippen LogP contribution in [0.5, 0.6) is 0 Å². The second kappa shape index (κ2) is 4.24. The molecular weight excluding hydrogens is 207 g/mol. The summed E-state index contributed by atoms with van der Waals surface area (Å²) in [6.07, 6.45) is 0.585. The van der Waals surface area contributed by atoms with Crippen LogP contribution in [0.4, 0.5) is 4.39 Å². The number of carbonyl (C=O) groups excluding carboxylic acids is 1. The fourth-order valence-corrected chi connectivity index (χ4v) is 1.98. The molecule has 0 aromatic heterocycles. The van der Waals surface area contributed by atoms with Gasteiger partial charge in [0, 0.05) is 0 Å². The monoisotopic (exact) mass is 222 g/mol. The Morgan fingerprint density at radius 2 is 2.06 bits per heavy atom. The highest BCUT2D eigenvalue weighted by Gasteiger charge is 2.45. The lowest BCUT2D eigenvalue weighted by Gasteiger charge is -2.36. The highest BCUT2D eigenvalue weighted by molar-refractivity contribution is 5.74. The average Bonchev–Trinajstić information content (AvgIpc) is 2.24. The molecule has 1 aromatic rings. The molecule has 0 radical (unpaired) electrons. The van der Waals surface area contributed by atoms with E-state index in [1.807, 2.05) is 30.3 Å². The molecule has 1 fully saturated rings. The molecule has 0 saturated heterocycles. The Morgan fingerprint density at radius 3 is 2.62 bits per heavy atom. The summed E-state index contributed by atoms with van der Waals surface area (Å²) in [6.45, 7) is 1.80. The number of halogens is 1. The van der Waals surface area contributed by atoms with E-state index in [0.29, 0.717) is 12.8 Å². The lowest BCUT2D eigenvalue weighted by Crippen LogP contribution is -2.41. The maximum absolute atomic E-state index is 13.2. The van der Waals surface area contributed by atoms with Crippen molar-refractivity contribution < 1.29 is 13.9 Å². The van der Waals surface area contributed by atoms with Gasteiger partial charge in [0.05, 0.1) is 5.92 Å². The van der Waals surface area contributed by atoms with Crippen molar-refractivity contribution in [2.24, 2.45) is 5.92 Å². The molecule has 16 heavy (non-hydrogen) atoms. The summed E-state index contributed by atoms with van der Waals surface area (Å²) in [5.41, 5.74) is -0.214. The van der Waals surface area contributed by atoms with Crippen LogP contribution < -0.4 is 0 Å². The quantitative estimate of drug-likeness (QED) is 0.735. The molecule has 0 atom stereocenters. The van der Waals surface area contributed by atoms with Crippen LogP contribution >= 0.6 is 0 Å². The van der Waals surface area contributed by atoms with Crippen molar-refractivity contribution in [3.8, 4) is 0 Å². The van der Waals surface area contributed by atoms with Gasteiger partial charge in [-0.3, -0.25) is 4.79 Å². The minimum atomic E-state index is -1.17. The molecule has 0 heterocycles. The van der Waals surface area contributed by atoms with Gasteiger partial charge in [-0.15, -0.1) is 0 Å². The highest BCUT2D eigenvalue weighted by atomic mass is 19.1. The summed E-state index contributed by atoms with van der Waals surface area (Å²) >= 11 is 0. The van der Waals surface area contributed by atoms with Crippen molar-refractivity contribution in [1.82, 2.24) is 0 Å². The van der Waals surface area contributed by atoms with Crippen molar-refractivity contribution in [3.05, 3.63) is 35.9 Å². The molecule has 1 aliphatic carbocycles. The van der Waals surface area contributed by atoms with Gasteiger partial charge in [0.15, 0.2) is 0 Å². The molecule has 2 nitrogen and oxygen atoms in total. The SMILES string of the molecule is C[C@]1(F)C[C@@H](C(=O)OCc2ccccc2)C1. The zero-order chi connectivity index (χ0) is 11.6. The van der Waals surface area contributed by atoms with Crippen molar-refractivity contribution in [2.45, 2.75) is 32.0 Å². The molecule has 0 N–H and O–H groups in total. The first kappa shape index (κ1) is 11.1. The number of alkyl halides is 1. The maximum atomic E-state index is 13.2. The average molecular weight is 222 g/mol. The fraction of sp³-hybridized carbons (Fsp3) is 0.462. The van der Waals surface area contributed by atoms with Crippen molar-refractivity contribution in [3.63, 3.8) is 0 Å². The lowest BCUT2D eigenvalue weighted by atomic mass is 9.73. The van der Waals surface area contributed by atoms with Crippen molar-refractivity contribution in [2.75, 3.05) is 0 Å². The van der Waals surface area contributed by atoms with Crippen LogP contribution in [-0.4, -0.2) is 11.6 Å². The fourth-order valence-electron chi connectivity index (χ4n) is 1.98. The number of carbonyl (C=O) groups is 1. The molecule has 1 aliphatic rings. The van der Waals surface area contributed by atoms with E-state index in [1.54, 1.807) is 0 Å². The third-order valence-corrected chi connectivity index (χ3v) is 2.90. The Balaban J connectivity index is 1.77. The Bertz CT molecular complexity index is 365. The van der Waals surface area contributed by atoms with E-state index in [-0.39, 0.29) is 18.5 Å². The van der Waals surface area contributed by atoms with Gasteiger partial charge in [-0.25, -0.2) is 4.39 Å². The molecule has 1 aromatic carbocycles. The molecule has 3 heteroatoms. The van der Waals surface area contributed by atoms with Gasteiger partial charge < -0.3 is 4.74 Å². The summed E-state index contributed by atoms with van der Waals surface area (Å²) in [7, 11) is 0. The van der Waals surface area contributed by atoms with Crippen molar-refractivity contribution >= 4 is 5.97 Å². The lowest BCUT2D eigenvalue weighted by molar-refractivity contribution is -0.158. The Labute approximate surface area is 94.4 Å². The second-order valence-corrected chi connectivity index (χ2v) is 4.61. The van der Waals surface area contributed by atoms with Crippen LogP contribution in [0.15, 0.2) is 30.3 Å². The Morgan fingerprint density at radius 1 is 1.44 bits per heavy atom. The molecule has 86 valence electrons. The molecule has 0 amide bonds. The van der Waals surface area contributed by atoms with E-state index in [2.05, 4.69) is 0 Å². The number of hydrogen-bond acceptors (Lipinski definition) is 2. The third kappa shape index (κ3) is 2.60. The second-order valence-electron chi connectivity index (χ2n) is 4.61. The van der Waals surface area contributed by atoms with Gasteiger partial charge in [0.2, 0.25) is 0 Å². The van der Waals surface area contributed by atoms with Gasteiger partial charge in [-0.1, -0.05) is 30.3 Å². The first-order valence-corrected chi connectivity index (χ1v) is 5.46. The number of esters is 1. The highest BCUT2D eigenvalue weighted by Crippen LogP contribution is 2.41. The summed E-state index contributed by atoms with van der Waals surface area (Å²) in [5, 5.41) is 0. The Hall–Kier alpha value is -1.38. The molecule has 0 unspecified atom stereocenters. The van der Waals surface area contributed by atoms with Gasteiger partial charge in [-0.2, -0.15) is 0 Å². The van der Waals surface area contributed by atoms with Gasteiger partial charge >= 0.3 is 5.97 Å². The van der Waals surface area contributed by atoms with Gasteiger partial charge in [0.25, 0.3) is 0 Å². The van der Waals surface area contributed by atoms with Crippen LogP contribution in [0.25, 0.3) is 0 Å². The number of ether oxygens (including phenoxy) is 1. The predicted octanol–water partition coefficient (Wildman–Crippen LogP) is 2.87. The van der Waals surface area contributed by atoms with E-state index in [9.17, 15) is 9.18 Å². The summed E-state index contributed by atoms with van der Waals surface area (Å²) in [4.78, 5) is 11.5. The van der Waals surface area contributed by atoms with E-state index in [1.165, 1.54) is 6.92 Å². The molecule has 0 spiro atoms. The van der Waals surface area contributed by atoms with E-state index < -0.39 is 5.67 Å². The summed E-state index contributed by atoms with van der Waals surface area (Å²) in [6, 6.07) is 9.49. The summed E-state index contributed by atoms with van der Waals surface area (Å²) < 4.78 is 18.3.